The largest absolute Gasteiger partial charge is 0.494 e. The summed E-state index contributed by atoms with van der Waals surface area (Å²) in [5.41, 5.74) is 5.82. The number of benzene rings is 2. The second-order valence-electron chi connectivity index (χ2n) is 9.51. The van der Waals surface area contributed by atoms with Crippen molar-refractivity contribution < 1.29 is 4.74 Å². The van der Waals surface area contributed by atoms with Crippen molar-refractivity contribution in [2.45, 2.75) is 71.1 Å². The summed E-state index contributed by atoms with van der Waals surface area (Å²) < 4.78 is 5.73. The second kappa shape index (κ2) is 10.3. The Morgan fingerprint density at radius 1 is 0.900 bits per heavy atom. The molecular formula is C29H38O. The Kier molecular flexibility index (Phi) is 7.31. The lowest BCUT2D eigenvalue weighted by Gasteiger charge is -2.36. The molecule has 1 atom stereocenters. The summed E-state index contributed by atoms with van der Waals surface area (Å²) in [6.45, 7) is 6.82. The summed E-state index contributed by atoms with van der Waals surface area (Å²) in [6, 6.07) is 15.8. The molecule has 0 heterocycles. The summed E-state index contributed by atoms with van der Waals surface area (Å²) in [5, 5.41) is 0. The van der Waals surface area contributed by atoms with Gasteiger partial charge in [-0.25, -0.2) is 0 Å². The van der Waals surface area contributed by atoms with Crippen LogP contribution < -0.4 is 4.74 Å². The quantitative estimate of drug-likeness (QED) is 0.406. The maximum absolute atomic E-state index is 5.73. The van der Waals surface area contributed by atoms with E-state index in [1.54, 1.807) is 11.1 Å². The number of allylic oxidation sites excluding steroid dienone is 1. The summed E-state index contributed by atoms with van der Waals surface area (Å²) in [5.74, 6) is 3.78. The summed E-state index contributed by atoms with van der Waals surface area (Å²) >= 11 is 0. The highest BCUT2D eigenvalue weighted by atomic mass is 16.5. The number of hydrogen-bond acceptors (Lipinski definition) is 1. The van der Waals surface area contributed by atoms with Gasteiger partial charge in [0.15, 0.2) is 0 Å². The monoisotopic (exact) mass is 402 g/mol. The molecule has 1 heteroatoms. The average molecular weight is 403 g/mol. The number of ether oxygens (including phenoxy) is 1. The van der Waals surface area contributed by atoms with E-state index in [1.807, 2.05) is 0 Å². The van der Waals surface area contributed by atoms with E-state index in [4.69, 9.17) is 4.74 Å². The Balaban J connectivity index is 1.36. The smallest absolute Gasteiger partial charge is 0.119 e. The van der Waals surface area contributed by atoms with Crippen molar-refractivity contribution >= 4 is 0 Å². The van der Waals surface area contributed by atoms with Crippen LogP contribution in [0.4, 0.5) is 0 Å². The first-order valence-electron chi connectivity index (χ1n) is 12.2. The molecule has 0 bridgehead atoms. The first-order valence-corrected chi connectivity index (χ1v) is 12.2. The van der Waals surface area contributed by atoms with Gasteiger partial charge in [-0.3, -0.25) is 0 Å². The molecule has 0 spiro atoms. The van der Waals surface area contributed by atoms with Gasteiger partial charge in [-0.05, 0) is 104 Å². The number of rotatable bonds is 8. The van der Waals surface area contributed by atoms with E-state index in [0.717, 1.165) is 36.5 Å². The summed E-state index contributed by atoms with van der Waals surface area (Å²) in [7, 11) is 0. The van der Waals surface area contributed by atoms with Crippen LogP contribution in [0.5, 0.6) is 5.75 Å². The first-order chi connectivity index (χ1) is 14.8. The zero-order chi connectivity index (χ0) is 20.8. The summed E-state index contributed by atoms with van der Waals surface area (Å²) in [6.07, 6.45) is 15.4. The molecule has 0 amide bonds. The van der Waals surface area contributed by atoms with Gasteiger partial charge in [0.05, 0.1) is 6.61 Å². The first kappa shape index (κ1) is 21.2. The van der Waals surface area contributed by atoms with Crippen LogP contribution in [0.3, 0.4) is 0 Å². The molecule has 1 unspecified atom stereocenters. The van der Waals surface area contributed by atoms with Crippen molar-refractivity contribution in [1.82, 2.24) is 0 Å². The fourth-order valence-corrected chi connectivity index (χ4v) is 5.63. The molecule has 1 fully saturated rings. The van der Waals surface area contributed by atoms with Gasteiger partial charge in [0.1, 0.15) is 5.75 Å². The van der Waals surface area contributed by atoms with Crippen LogP contribution in [0.15, 0.2) is 55.1 Å². The van der Waals surface area contributed by atoms with Crippen molar-refractivity contribution in [2.75, 3.05) is 6.61 Å². The van der Waals surface area contributed by atoms with Crippen LogP contribution in [0.2, 0.25) is 0 Å². The maximum Gasteiger partial charge on any atom is 0.119 e. The van der Waals surface area contributed by atoms with E-state index in [0.29, 0.717) is 0 Å². The second-order valence-corrected chi connectivity index (χ2v) is 9.51. The zero-order valence-corrected chi connectivity index (χ0v) is 18.7. The van der Waals surface area contributed by atoms with Crippen molar-refractivity contribution in [2.24, 2.45) is 17.8 Å². The van der Waals surface area contributed by atoms with Crippen LogP contribution in [0.25, 0.3) is 11.1 Å². The third-order valence-electron chi connectivity index (χ3n) is 7.47. The topological polar surface area (TPSA) is 9.23 Å². The van der Waals surface area contributed by atoms with Gasteiger partial charge < -0.3 is 4.74 Å². The molecule has 30 heavy (non-hydrogen) atoms. The molecule has 1 saturated carbocycles. The van der Waals surface area contributed by atoms with E-state index >= 15 is 0 Å². The highest BCUT2D eigenvalue weighted by Crippen LogP contribution is 2.41. The van der Waals surface area contributed by atoms with Gasteiger partial charge in [-0.1, -0.05) is 56.2 Å². The lowest BCUT2D eigenvalue weighted by molar-refractivity contribution is 0.185. The predicted octanol–water partition coefficient (Wildman–Crippen LogP) is 8.02. The van der Waals surface area contributed by atoms with Gasteiger partial charge in [0.2, 0.25) is 0 Å². The van der Waals surface area contributed by atoms with Crippen molar-refractivity contribution in [3.05, 3.63) is 66.2 Å². The Morgan fingerprint density at radius 3 is 2.40 bits per heavy atom. The minimum absolute atomic E-state index is 0.788. The van der Waals surface area contributed by atoms with E-state index in [1.165, 1.54) is 68.9 Å². The van der Waals surface area contributed by atoms with Crippen LogP contribution in [-0.2, 0) is 12.8 Å². The summed E-state index contributed by atoms with van der Waals surface area (Å²) in [4.78, 5) is 0. The number of aryl methyl sites for hydroxylation is 1. The van der Waals surface area contributed by atoms with Crippen molar-refractivity contribution in [3.63, 3.8) is 0 Å². The van der Waals surface area contributed by atoms with Gasteiger partial charge in [-0.15, -0.1) is 6.58 Å². The molecule has 2 aliphatic carbocycles. The van der Waals surface area contributed by atoms with Gasteiger partial charge in [0.25, 0.3) is 0 Å². The lowest BCUT2D eigenvalue weighted by atomic mass is 9.69. The van der Waals surface area contributed by atoms with Crippen molar-refractivity contribution in [1.29, 1.82) is 0 Å². The van der Waals surface area contributed by atoms with E-state index < -0.39 is 0 Å². The highest BCUT2D eigenvalue weighted by molar-refractivity contribution is 5.66. The predicted molar refractivity (Wildman–Crippen MR) is 128 cm³/mol. The van der Waals surface area contributed by atoms with Gasteiger partial charge in [0, 0.05) is 0 Å². The fourth-order valence-electron chi connectivity index (χ4n) is 5.63. The SMILES string of the molecule is C=CCCC1CCC(C2CCc3cc(-c4ccc(OCCC)cc4)ccc3C2)CC1. The Hall–Kier alpha value is -2.02. The zero-order valence-electron chi connectivity index (χ0n) is 18.7. The third-order valence-corrected chi connectivity index (χ3v) is 7.47. The minimum atomic E-state index is 0.788. The van der Waals surface area contributed by atoms with Crippen LogP contribution in [0, 0.1) is 17.8 Å². The van der Waals surface area contributed by atoms with Crippen LogP contribution in [-0.4, -0.2) is 6.61 Å². The highest BCUT2D eigenvalue weighted by Gasteiger charge is 2.30. The van der Waals surface area contributed by atoms with Gasteiger partial charge in [-0.2, -0.15) is 0 Å². The Labute approximate surface area is 183 Å². The molecule has 4 rings (SSSR count). The van der Waals surface area contributed by atoms with E-state index in [9.17, 15) is 0 Å². The van der Waals surface area contributed by atoms with Gasteiger partial charge >= 0.3 is 0 Å². The number of hydrogen-bond donors (Lipinski definition) is 0. The van der Waals surface area contributed by atoms with E-state index in [-0.39, 0.29) is 0 Å². The van der Waals surface area contributed by atoms with Crippen molar-refractivity contribution in [3.8, 4) is 16.9 Å². The van der Waals surface area contributed by atoms with E-state index in [2.05, 4.69) is 62.0 Å². The molecule has 0 aliphatic heterocycles. The Morgan fingerprint density at radius 2 is 1.67 bits per heavy atom. The fraction of sp³-hybridized carbons (Fsp3) is 0.517. The normalized spacial score (nSPS) is 23.6. The minimum Gasteiger partial charge on any atom is -0.494 e. The molecular weight excluding hydrogens is 364 g/mol. The molecule has 0 saturated heterocycles. The molecule has 2 aliphatic rings. The molecule has 2 aromatic carbocycles. The number of fused-ring (bicyclic) bond motifs is 1. The van der Waals surface area contributed by atoms with Crippen LogP contribution in [0.1, 0.15) is 69.4 Å². The lowest BCUT2D eigenvalue weighted by Crippen LogP contribution is -2.26. The standard InChI is InChI=1S/C29H38O/c1-3-5-6-22-7-9-23(10-8-22)25-11-13-28-21-26(12-14-27(28)20-25)24-15-17-29(18-16-24)30-19-4-2/h3,12,14-18,21-23,25H,1,4-11,13,19-20H2,2H3. The molecule has 1 nitrogen and oxygen atoms in total. The maximum atomic E-state index is 5.73. The molecule has 0 N–H and O–H groups in total. The Bertz CT molecular complexity index is 811. The molecule has 160 valence electrons. The third kappa shape index (κ3) is 5.17. The average Bonchev–Trinajstić information content (AvgIpc) is 2.81. The van der Waals surface area contributed by atoms with Crippen LogP contribution >= 0.6 is 0 Å². The molecule has 0 radical (unpaired) electrons. The molecule has 0 aromatic heterocycles. The molecule has 2 aromatic rings.